The topological polar surface area (TPSA) is 106 Å². The number of nitrogens with one attached hydrogen (secondary N) is 1. The molecule has 2 aromatic heterocycles. The van der Waals surface area contributed by atoms with E-state index in [4.69, 9.17) is 5.73 Å². The van der Waals surface area contributed by atoms with Crippen molar-refractivity contribution in [3.05, 3.63) is 66.1 Å². The van der Waals surface area contributed by atoms with Crippen molar-refractivity contribution in [2.24, 2.45) is 5.92 Å². The van der Waals surface area contributed by atoms with Crippen LogP contribution in [0.5, 0.6) is 0 Å². The molecule has 1 aromatic carbocycles. The molecule has 184 valence electrons. The van der Waals surface area contributed by atoms with Gasteiger partial charge >= 0.3 is 0 Å². The van der Waals surface area contributed by atoms with E-state index in [0.29, 0.717) is 41.2 Å². The molecule has 2 amide bonds. The molecule has 1 saturated carbocycles. The van der Waals surface area contributed by atoms with Gasteiger partial charge < -0.3 is 20.5 Å². The number of nitrogens with two attached hydrogens (primary N) is 1. The van der Waals surface area contributed by atoms with E-state index >= 15 is 0 Å². The van der Waals surface area contributed by atoms with Crippen LogP contribution in [-0.2, 0) is 4.79 Å². The first-order valence-electron chi connectivity index (χ1n) is 12.3. The summed E-state index contributed by atoms with van der Waals surface area (Å²) in [6, 6.07) is 9.46. The van der Waals surface area contributed by atoms with Crippen molar-refractivity contribution < 1.29 is 9.59 Å². The Kier molecular flexibility index (Phi) is 6.23. The van der Waals surface area contributed by atoms with Gasteiger partial charge in [0.15, 0.2) is 0 Å². The quantitative estimate of drug-likeness (QED) is 0.427. The Balaban J connectivity index is 1.63. The Morgan fingerprint density at radius 2 is 2.00 bits per heavy atom. The number of nitrogen functional groups attached to an aromatic ring is 1. The highest BCUT2D eigenvalue weighted by Gasteiger charge is 2.37. The Labute approximate surface area is 210 Å². The molecular weight excluding hydrogens is 452 g/mol. The van der Waals surface area contributed by atoms with Gasteiger partial charge in [0.25, 0.3) is 5.91 Å². The second-order valence-corrected chi connectivity index (χ2v) is 9.63. The van der Waals surface area contributed by atoms with E-state index in [1.165, 1.54) is 12.4 Å². The molecular formula is C28H30N6O2. The fourth-order valence-electron chi connectivity index (χ4n) is 4.96. The van der Waals surface area contributed by atoms with Gasteiger partial charge in [0.1, 0.15) is 23.5 Å². The SMILES string of the molecule is C=CC(=O)N1C[C@@H](n2c(C#CC3CC3)c(C(=O)N[C@H](C)c3ccccc3)c3c(N)ncnc32)C[C@@H]1C. The zero-order valence-electron chi connectivity index (χ0n) is 20.6. The second-order valence-electron chi connectivity index (χ2n) is 9.63. The summed E-state index contributed by atoms with van der Waals surface area (Å²) in [7, 11) is 0. The molecule has 1 aliphatic heterocycles. The highest BCUT2D eigenvalue weighted by atomic mass is 16.2. The molecule has 2 fully saturated rings. The van der Waals surface area contributed by atoms with Crippen LogP contribution in [0.15, 0.2) is 49.3 Å². The van der Waals surface area contributed by atoms with Gasteiger partial charge in [-0.1, -0.05) is 42.8 Å². The van der Waals surface area contributed by atoms with E-state index in [1.807, 2.05) is 48.7 Å². The van der Waals surface area contributed by atoms with E-state index < -0.39 is 0 Å². The number of carbonyl (C=O) groups is 2. The maximum absolute atomic E-state index is 13.8. The van der Waals surface area contributed by atoms with E-state index in [0.717, 1.165) is 18.4 Å². The van der Waals surface area contributed by atoms with Gasteiger partial charge in [-0.15, -0.1) is 0 Å². The van der Waals surface area contributed by atoms with Crippen molar-refractivity contribution in [3.8, 4) is 11.8 Å². The fraction of sp³-hybridized carbons (Fsp3) is 0.357. The number of carbonyl (C=O) groups excluding carboxylic acids is 2. The maximum Gasteiger partial charge on any atom is 0.255 e. The Bertz CT molecular complexity index is 1400. The number of anilines is 1. The van der Waals surface area contributed by atoms with Gasteiger partial charge in [-0.3, -0.25) is 9.59 Å². The Morgan fingerprint density at radius 1 is 1.25 bits per heavy atom. The third-order valence-electron chi connectivity index (χ3n) is 7.03. The van der Waals surface area contributed by atoms with E-state index in [2.05, 4.69) is 33.7 Å². The minimum Gasteiger partial charge on any atom is -0.383 e. The van der Waals surface area contributed by atoms with E-state index in [9.17, 15) is 9.59 Å². The lowest BCUT2D eigenvalue weighted by atomic mass is 10.1. The molecule has 0 bridgehead atoms. The summed E-state index contributed by atoms with van der Waals surface area (Å²) in [4.78, 5) is 36.8. The van der Waals surface area contributed by atoms with Crippen LogP contribution < -0.4 is 11.1 Å². The minimum atomic E-state index is -0.276. The summed E-state index contributed by atoms with van der Waals surface area (Å²) < 4.78 is 2.00. The number of rotatable bonds is 5. The minimum absolute atomic E-state index is 0.0109. The summed E-state index contributed by atoms with van der Waals surface area (Å²) in [5.74, 6) is 6.80. The molecule has 3 N–H and O–H groups in total. The fourth-order valence-corrected chi connectivity index (χ4v) is 4.96. The third-order valence-corrected chi connectivity index (χ3v) is 7.03. The zero-order valence-corrected chi connectivity index (χ0v) is 20.6. The standard InChI is InChI=1S/C28H30N6O2/c1-4-23(35)33-15-21(14-17(33)2)34-22(13-12-19-10-11-19)24(25-26(29)30-16-31-27(25)34)28(36)32-18(3)20-8-6-5-7-9-20/h4-9,16-19,21H,1,10-11,14-15H2,2-3H3,(H,32,36)(H2,29,30,31)/t17-,18+,21-/m0/s1. The van der Waals surface area contributed by atoms with Gasteiger partial charge in [-0.25, -0.2) is 9.97 Å². The van der Waals surface area contributed by atoms with Crippen LogP contribution in [0.4, 0.5) is 5.82 Å². The van der Waals surface area contributed by atoms with Gasteiger partial charge in [0, 0.05) is 18.5 Å². The van der Waals surface area contributed by atoms with Gasteiger partial charge in [0.05, 0.1) is 23.0 Å². The summed E-state index contributed by atoms with van der Waals surface area (Å²) in [5.41, 5.74) is 8.86. The van der Waals surface area contributed by atoms with Crippen LogP contribution >= 0.6 is 0 Å². The number of hydrogen-bond acceptors (Lipinski definition) is 5. The van der Waals surface area contributed by atoms with Crippen molar-refractivity contribution in [1.29, 1.82) is 0 Å². The first kappa shape index (κ1) is 23.6. The number of hydrogen-bond donors (Lipinski definition) is 2. The molecule has 8 nitrogen and oxygen atoms in total. The van der Waals surface area contributed by atoms with Crippen molar-refractivity contribution in [2.45, 2.75) is 51.2 Å². The van der Waals surface area contributed by atoms with Crippen molar-refractivity contribution in [2.75, 3.05) is 12.3 Å². The molecule has 3 heterocycles. The Hall–Kier alpha value is -4.12. The summed E-state index contributed by atoms with van der Waals surface area (Å²) in [6.07, 6.45) is 5.57. The predicted octanol–water partition coefficient (Wildman–Crippen LogP) is 3.61. The third kappa shape index (κ3) is 4.33. The van der Waals surface area contributed by atoms with Crippen molar-refractivity contribution in [1.82, 2.24) is 24.8 Å². The van der Waals surface area contributed by atoms with Crippen LogP contribution in [0.1, 0.15) is 66.8 Å². The average Bonchev–Trinajstić information content (AvgIpc) is 3.54. The van der Waals surface area contributed by atoms with Crippen molar-refractivity contribution in [3.63, 3.8) is 0 Å². The summed E-state index contributed by atoms with van der Waals surface area (Å²) >= 11 is 0. The molecule has 3 aromatic rings. The van der Waals surface area contributed by atoms with E-state index in [1.54, 1.807) is 4.90 Å². The molecule has 3 atom stereocenters. The lowest BCUT2D eigenvalue weighted by Gasteiger charge is -2.19. The Morgan fingerprint density at radius 3 is 2.69 bits per heavy atom. The van der Waals surface area contributed by atoms with E-state index in [-0.39, 0.29) is 35.8 Å². The summed E-state index contributed by atoms with van der Waals surface area (Å²) in [6.45, 7) is 8.07. The number of aromatic nitrogens is 3. The van der Waals surface area contributed by atoms with Crippen LogP contribution in [-0.4, -0.2) is 43.8 Å². The average molecular weight is 483 g/mol. The predicted molar refractivity (Wildman–Crippen MR) is 139 cm³/mol. The smallest absolute Gasteiger partial charge is 0.255 e. The maximum atomic E-state index is 13.8. The van der Waals surface area contributed by atoms with Crippen LogP contribution in [0, 0.1) is 17.8 Å². The second kappa shape index (κ2) is 9.50. The highest BCUT2D eigenvalue weighted by molar-refractivity contribution is 6.12. The molecule has 0 radical (unpaired) electrons. The lowest BCUT2D eigenvalue weighted by Crippen LogP contribution is -2.32. The van der Waals surface area contributed by atoms with Crippen LogP contribution in [0.25, 0.3) is 11.0 Å². The van der Waals surface area contributed by atoms with Crippen molar-refractivity contribution >= 4 is 28.7 Å². The van der Waals surface area contributed by atoms with Crippen LogP contribution in [0.3, 0.4) is 0 Å². The van der Waals surface area contributed by atoms with Gasteiger partial charge in [-0.05, 0) is 50.7 Å². The molecule has 2 aliphatic rings. The van der Waals surface area contributed by atoms with Gasteiger partial charge in [-0.2, -0.15) is 0 Å². The largest absolute Gasteiger partial charge is 0.383 e. The number of benzene rings is 1. The lowest BCUT2D eigenvalue weighted by molar-refractivity contribution is -0.126. The first-order valence-corrected chi connectivity index (χ1v) is 12.3. The molecule has 0 unspecified atom stereocenters. The number of nitrogens with zero attached hydrogens (tertiary/aromatic N) is 4. The summed E-state index contributed by atoms with van der Waals surface area (Å²) in [5, 5.41) is 3.61. The number of likely N-dealkylation sites (tertiary alicyclic amines) is 1. The highest BCUT2D eigenvalue weighted by Crippen LogP contribution is 2.37. The first-order chi connectivity index (χ1) is 17.4. The molecule has 0 spiro atoms. The number of amides is 2. The molecule has 5 rings (SSSR count). The molecule has 8 heteroatoms. The molecule has 36 heavy (non-hydrogen) atoms. The number of fused-ring (bicyclic) bond motifs is 1. The molecule has 1 aliphatic carbocycles. The van der Waals surface area contributed by atoms with Crippen LogP contribution in [0.2, 0.25) is 0 Å². The monoisotopic (exact) mass is 482 g/mol. The molecule has 1 saturated heterocycles. The zero-order chi connectivity index (χ0) is 25.4. The van der Waals surface area contributed by atoms with Gasteiger partial charge in [0.2, 0.25) is 5.91 Å². The normalized spacial score (nSPS) is 20.0.